The summed E-state index contributed by atoms with van der Waals surface area (Å²) >= 11 is 1.55. The van der Waals surface area contributed by atoms with E-state index in [4.69, 9.17) is 0 Å². The van der Waals surface area contributed by atoms with Crippen LogP contribution in [0.4, 0.5) is 0 Å². The average molecular weight is 435 g/mol. The van der Waals surface area contributed by atoms with Gasteiger partial charge in [-0.25, -0.2) is 9.97 Å². The Labute approximate surface area is 184 Å². The molecule has 7 nitrogen and oxygen atoms in total. The first-order chi connectivity index (χ1) is 15.1. The van der Waals surface area contributed by atoms with Gasteiger partial charge in [0.2, 0.25) is 0 Å². The molecule has 4 saturated carbocycles. The predicted molar refractivity (Wildman–Crippen MR) is 117 cm³/mol. The Hall–Kier alpha value is -2.35. The fraction of sp³-hybridized carbons (Fsp3) is 0.565. The molecule has 0 aromatic carbocycles. The topological polar surface area (TPSA) is 88.0 Å². The third-order valence-corrected chi connectivity index (χ3v) is 9.77. The van der Waals surface area contributed by atoms with Crippen LogP contribution in [0.3, 0.4) is 0 Å². The summed E-state index contributed by atoms with van der Waals surface area (Å²) in [5.41, 5.74) is 3.31. The lowest BCUT2D eigenvalue weighted by molar-refractivity contribution is -0.0960. The Morgan fingerprint density at radius 1 is 1.23 bits per heavy atom. The fourth-order valence-electron chi connectivity index (χ4n) is 7.96. The molecule has 0 radical (unpaired) electrons. The summed E-state index contributed by atoms with van der Waals surface area (Å²) in [7, 11) is 0. The molecule has 5 unspecified atom stereocenters. The number of fused-ring (bicyclic) bond motifs is 3. The van der Waals surface area contributed by atoms with Crippen LogP contribution in [-0.4, -0.2) is 37.0 Å². The minimum atomic E-state index is 0.0163. The third kappa shape index (κ3) is 2.54. The molecule has 7 rings (SSSR count). The van der Waals surface area contributed by atoms with Crippen molar-refractivity contribution < 1.29 is 4.79 Å². The monoisotopic (exact) mass is 434 g/mol. The largest absolute Gasteiger partial charge is 0.350 e. The zero-order chi connectivity index (χ0) is 20.6. The Balaban J connectivity index is 1.09. The van der Waals surface area contributed by atoms with Gasteiger partial charge in [0.15, 0.2) is 5.16 Å². The number of carbonyl (C=O) groups is 1. The van der Waals surface area contributed by atoms with Crippen LogP contribution in [0.1, 0.15) is 54.7 Å². The predicted octanol–water partition coefficient (Wildman–Crippen LogP) is 3.69. The van der Waals surface area contributed by atoms with Crippen molar-refractivity contribution in [3.8, 4) is 0 Å². The van der Waals surface area contributed by atoms with Gasteiger partial charge in [-0.3, -0.25) is 14.3 Å². The van der Waals surface area contributed by atoms with Crippen LogP contribution in [0, 0.1) is 28.6 Å². The van der Waals surface area contributed by atoms with E-state index in [1.807, 2.05) is 28.8 Å². The Bertz CT molecular complexity index is 1170. The van der Waals surface area contributed by atoms with E-state index in [2.05, 4.69) is 25.5 Å². The van der Waals surface area contributed by atoms with E-state index < -0.39 is 0 Å². The molecule has 0 saturated heterocycles. The lowest BCUT2D eigenvalue weighted by atomic mass is 9.46. The van der Waals surface area contributed by atoms with Gasteiger partial charge < -0.3 is 5.32 Å². The van der Waals surface area contributed by atoms with Gasteiger partial charge in [-0.2, -0.15) is 5.10 Å². The number of aromatic amines is 1. The molecule has 3 bridgehead atoms. The van der Waals surface area contributed by atoms with Crippen molar-refractivity contribution in [1.29, 1.82) is 0 Å². The van der Waals surface area contributed by atoms with E-state index in [0.29, 0.717) is 22.3 Å². The third-order valence-electron chi connectivity index (χ3n) is 8.86. The second-order valence-corrected chi connectivity index (χ2v) is 11.3. The smallest absolute Gasteiger partial charge is 0.268 e. The summed E-state index contributed by atoms with van der Waals surface area (Å²) in [6, 6.07) is 5.77. The van der Waals surface area contributed by atoms with Crippen molar-refractivity contribution in [3.05, 3.63) is 42.1 Å². The summed E-state index contributed by atoms with van der Waals surface area (Å²) in [5, 5.41) is 10.8. The highest BCUT2D eigenvalue weighted by Crippen LogP contribution is 2.80. The van der Waals surface area contributed by atoms with Gasteiger partial charge in [0.25, 0.3) is 5.91 Å². The van der Waals surface area contributed by atoms with Gasteiger partial charge in [-0.15, -0.1) is 0 Å². The molecule has 160 valence electrons. The van der Waals surface area contributed by atoms with Crippen LogP contribution in [0.2, 0.25) is 0 Å². The number of nitrogens with one attached hydrogen (secondary N) is 2. The van der Waals surface area contributed by atoms with Crippen LogP contribution >= 0.6 is 11.8 Å². The first-order valence-corrected chi connectivity index (χ1v) is 12.4. The zero-order valence-electron chi connectivity index (χ0n) is 17.4. The number of H-pyrrole nitrogens is 1. The van der Waals surface area contributed by atoms with Gasteiger partial charge in [0.1, 0.15) is 17.7 Å². The summed E-state index contributed by atoms with van der Waals surface area (Å²) in [6.07, 6.45) is 11.9. The molecule has 8 heteroatoms. The second kappa shape index (κ2) is 6.34. The highest BCUT2D eigenvalue weighted by molar-refractivity contribution is 7.98. The average Bonchev–Trinajstić information content (AvgIpc) is 3.49. The molecular formula is C23H26N6OS. The molecule has 3 aromatic heterocycles. The molecule has 1 spiro atoms. The van der Waals surface area contributed by atoms with E-state index in [0.717, 1.165) is 40.8 Å². The maximum Gasteiger partial charge on any atom is 0.268 e. The molecular weight excluding hydrogens is 408 g/mol. The van der Waals surface area contributed by atoms with Gasteiger partial charge >= 0.3 is 0 Å². The highest BCUT2D eigenvalue weighted by Gasteiger charge is 2.73. The number of nitrogens with zero attached hydrogens (tertiary/aromatic N) is 4. The molecule has 4 aliphatic rings. The number of carbonyl (C=O) groups excluding carboxylic acids is 1. The van der Waals surface area contributed by atoms with E-state index in [9.17, 15) is 4.79 Å². The molecule has 4 fully saturated rings. The Morgan fingerprint density at radius 2 is 2.16 bits per heavy atom. The van der Waals surface area contributed by atoms with Crippen LogP contribution < -0.4 is 5.32 Å². The van der Waals surface area contributed by atoms with Crippen molar-refractivity contribution in [3.63, 3.8) is 0 Å². The number of hydrogen-bond acceptors (Lipinski definition) is 5. The molecule has 3 aromatic rings. The summed E-state index contributed by atoms with van der Waals surface area (Å²) in [6.45, 7) is 0.838. The maximum atomic E-state index is 13.2. The van der Waals surface area contributed by atoms with Crippen LogP contribution in [0.5, 0.6) is 0 Å². The van der Waals surface area contributed by atoms with Crippen LogP contribution in [-0.2, 0) is 5.75 Å². The van der Waals surface area contributed by atoms with Gasteiger partial charge in [-0.05, 0) is 79.2 Å². The zero-order valence-corrected chi connectivity index (χ0v) is 18.2. The molecule has 0 aliphatic heterocycles. The lowest BCUT2D eigenvalue weighted by Gasteiger charge is -2.59. The molecule has 2 N–H and O–H groups in total. The number of rotatable bonds is 6. The first-order valence-electron chi connectivity index (χ1n) is 11.4. The van der Waals surface area contributed by atoms with E-state index in [1.165, 1.54) is 44.9 Å². The number of imidazole rings is 1. The summed E-state index contributed by atoms with van der Waals surface area (Å²) in [5.74, 6) is 3.50. The number of aromatic nitrogens is 5. The number of hydrogen-bond donors (Lipinski definition) is 2. The standard InChI is InChI=1S/C23H26N6OS/c30-20(24-12-22-6-15-4-14-5-16(9-22)23(22,7-14)8-15)18-2-1-3-19-27-17(10-29(18)19)11-31-21-25-13-26-28-21/h1-3,10,13-16H,4-9,11-12H2,(H,24,30)(H,25,26,28). The lowest BCUT2D eigenvalue weighted by Crippen LogP contribution is -2.57. The minimum Gasteiger partial charge on any atom is -0.350 e. The second-order valence-electron chi connectivity index (χ2n) is 10.3. The maximum absolute atomic E-state index is 13.2. The fourth-order valence-corrected chi connectivity index (χ4v) is 8.62. The quantitative estimate of drug-likeness (QED) is 0.578. The molecule has 31 heavy (non-hydrogen) atoms. The van der Waals surface area contributed by atoms with Gasteiger partial charge in [0, 0.05) is 18.5 Å². The van der Waals surface area contributed by atoms with Crippen LogP contribution in [0.15, 0.2) is 35.9 Å². The van der Waals surface area contributed by atoms with Crippen LogP contribution in [0.25, 0.3) is 5.65 Å². The van der Waals surface area contributed by atoms with Gasteiger partial charge in [-0.1, -0.05) is 17.8 Å². The van der Waals surface area contributed by atoms with Crippen molar-refractivity contribution in [2.24, 2.45) is 28.6 Å². The summed E-state index contributed by atoms with van der Waals surface area (Å²) in [4.78, 5) is 22.1. The van der Waals surface area contributed by atoms with E-state index in [1.54, 1.807) is 11.8 Å². The number of pyridine rings is 1. The molecule has 3 heterocycles. The van der Waals surface area contributed by atoms with Crippen molar-refractivity contribution in [2.45, 2.75) is 49.4 Å². The number of thioether (sulfide) groups is 1. The Morgan fingerprint density at radius 3 is 3.06 bits per heavy atom. The van der Waals surface area contributed by atoms with Crippen molar-refractivity contribution in [2.75, 3.05) is 6.54 Å². The SMILES string of the molecule is O=C(NCC12CC3CC4CC(C1)C2(C4)C3)c1cccc2nc(CSc3ncn[nH]3)cn12. The van der Waals surface area contributed by atoms with Crippen molar-refractivity contribution >= 4 is 23.3 Å². The van der Waals surface area contributed by atoms with E-state index in [-0.39, 0.29) is 5.91 Å². The van der Waals surface area contributed by atoms with E-state index >= 15 is 0 Å². The molecule has 1 amide bonds. The first kappa shape index (κ1) is 18.2. The molecule has 4 aliphatic carbocycles. The Kier molecular flexibility index (Phi) is 3.73. The molecule has 5 atom stereocenters. The van der Waals surface area contributed by atoms with Crippen molar-refractivity contribution in [1.82, 2.24) is 29.9 Å². The normalized spacial score (nSPS) is 34.8. The number of amides is 1. The highest BCUT2D eigenvalue weighted by atomic mass is 32.2. The summed E-state index contributed by atoms with van der Waals surface area (Å²) < 4.78 is 1.92. The minimum absolute atomic E-state index is 0.0163. The van der Waals surface area contributed by atoms with Gasteiger partial charge in [0.05, 0.1) is 5.69 Å².